The lowest BCUT2D eigenvalue weighted by Gasteiger charge is -2.17. The highest BCUT2D eigenvalue weighted by molar-refractivity contribution is 5.96. The van der Waals surface area contributed by atoms with Crippen LogP contribution in [0, 0.1) is 0 Å². The zero-order valence-corrected chi connectivity index (χ0v) is 12.0. The van der Waals surface area contributed by atoms with E-state index in [0.717, 1.165) is 11.1 Å². The van der Waals surface area contributed by atoms with Crippen LogP contribution < -0.4 is 0 Å². The third kappa shape index (κ3) is 4.28. The van der Waals surface area contributed by atoms with E-state index < -0.39 is 5.97 Å². The molecule has 0 aliphatic heterocycles. The first kappa shape index (κ1) is 15.0. The molecule has 2 aromatic carbocycles. The number of hydrogen-bond acceptors (Lipinski definition) is 3. The van der Waals surface area contributed by atoms with Gasteiger partial charge in [0.1, 0.15) is 12.2 Å². The molecule has 0 bridgehead atoms. The lowest BCUT2D eigenvalue weighted by molar-refractivity contribution is -0.143. The van der Waals surface area contributed by atoms with Crippen molar-refractivity contribution >= 4 is 11.8 Å². The molecule has 0 saturated heterocycles. The zero-order valence-electron chi connectivity index (χ0n) is 12.0. The Hall–Kier alpha value is -2.42. The molecule has 3 heteroatoms. The van der Waals surface area contributed by atoms with Crippen LogP contribution >= 0.6 is 0 Å². The van der Waals surface area contributed by atoms with Crippen molar-refractivity contribution in [3.8, 4) is 0 Å². The van der Waals surface area contributed by atoms with Crippen molar-refractivity contribution < 1.29 is 14.3 Å². The lowest BCUT2D eigenvalue weighted by atomic mass is 9.86. The summed E-state index contributed by atoms with van der Waals surface area (Å²) in [4.78, 5) is 23.3. The van der Waals surface area contributed by atoms with Crippen molar-refractivity contribution in [2.45, 2.75) is 18.8 Å². The van der Waals surface area contributed by atoms with Gasteiger partial charge in [0, 0.05) is 12.3 Å². The van der Waals surface area contributed by atoms with Crippen molar-refractivity contribution in [3.05, 3.63) is 71.8 Å². The first-order chi connectivity index (χ1) is 10.2. The number of benzene rings is 2. The van der Waals surface area contributed by atoms with Gasteiger partial charge in [-0.1, -0.05) is 60.7 Å². The van der Waals surface area contributed by atoms with Crippen molar-refractivity contribution in [2.75, 3.05) is 7.11 Å². The number of ether oxygens (including phenoxy) is 1. The Balaban J connectivity index is 2.21. The fraction of sp³-hybridized carbons (Fsp3) is 0.222. The molecule has 0 N–H and O–H groups in total. The second-order valence-electron chi connectivity index (χ2n) is 4.87. The van der Waals surface area contributed by atoms with Gasteiger partial charge in [0.05, 0.1) is 7.11 Å². The number of methoxy groups -OCH3 is 1. The quantitative estimate of drug-likeness (QED) is 0.603. The van der Waals surface area contributed by atoms with Crippen LogP contribution in [-0.4, -0.2) is 18.9 Å². The second-order valence-corrected chi connectivity index (χ2v) is 4.87. The summed E-state index contributed by atoms with van der Waals surface area (Å²) in [5.74, 6) is -0.635. The van der Waals surface area contributed by atoms with Crippen LogP contribution in [0.1, 0.15) is 29.9 Å². The smallest absolute Gasteiger partial charge is 0.313 e. The number of hydrogen-bond donors (Lipinski definition) is 0. The van der Waals surface area contributed by atoms with Gasteiger partial charge in [-0.25, -0.2) is 0 Å². The topological polar surface area (TPSA) is 43.4 Å². The van der Waals surface area contributed by atoms with Gasteiger partial charge < -0.3 is 4.74 Å². The van der Waals surface area contributed by atoms with Gasteiger partial charge in [0.2, 0.25) is 0 Å². The number of Topliss-reactive ketones (excluding diaryl/α,β-unsaturated/α-hetero) is 1. The van der Waals surface area contributed by atoms with Crippen molar-refractivity contribution in [3.63, 3.8) is 0 Å². The molecule has 0 aliphatic carbocycles. The second kappa shape index (κ2) is 7.39. The van der Waals surface area contributed by atoms with E-state index in [2.05, 4.69) is 4.74 Å². The fourth-order valence-corrected chi connectivity index (χ4v) is 2.33. The molecule has 0 radical (unpaired) electrons. The molecule has 0 unspecified atom stereocenters. The summed E-state index contributed by atoms with van der Waals surface area (Å²) < 4.78 is 4.55. The monoisotopic (exact) mass is 282 g/mol. The Bertz CT molecular complexity index is 551. The van der Waals surface area contributed by atoms with Gasteiger partial charge >= 0.3 is 5.97 Å². The van der Waals surface area contributed by atoms with E-state index in [0.29, 0.717) is 6.42 Å². The summed E-state index contributed by atoms with van der Waals surface area (Å²) in [5.41, 5.74) is 2.14. The van der Waals surface area contributed by atoms with Gasteiger partial charge in [-0.3, -0.25) is 9.59 Å². The van der Waals surface area contributed by atoms with Crippen LogP contribution in [0.4, 0.5) is 0 Å². The first-order valence-corrected chi connectivity index (χ1v) is 6.89. The third-order valence-corrected chi connectivity index (χ3v) is 3.40. The minimum absolute atomic E-state index is 0.0374. The van der Waals surface area contributed by atoms with Crippen LogP contribution in [0.5, 0.6) is 0 Å². The van der Waals surface area contributed by atoms with Crippen LogP contribution in [0.2, 0.25) is 0 Å². The highest BCUT2D eigenvalue weighted by Crippen LogP contribution is 2.28. The number of rotatable bonds is 6. The van der Waals surface area contributed by atoms with E-state index in [9.17, 15) is 9.59 Å². The minimum Gasteiger partial charge on any atom is -0.469 e. The average molecular weight is 282 g/mol. The summed E-state index contributed by atoms with van der Waals surface area (Å²) in [6.45, 7) is 0. The molecule has 0 amide bonds. The number of carbonyl (C=O) groups is 2. The van der Waals surface area contributed by atoms with Gasteiger partial charge in [-0.15, -0.1) is 0 Å². The van der Waals surface area contributed by atoms with Crippen molar-refractivity contribution in [1.29, 1.82) is 0 Å². The Labute approximate surface area is 124 Å². The molecule has 2 rings (SSSR count). The van der Waals surface area contributed by atoms with E-state index in [1.165, 1.54) is 7.11 Å². The molecule has 108 valence electrons. The molecule has 0 aliphatic rings. The highest BCUT2D eigenvalue weighted by Gasteiger charge is 2.19. The maximum absolute atomic E-state index is 12.1. The van der Waals surface area contributed by atoms with E-state index in [4.69, 9.17) is 0 Å². The van der Waals surface area contributed by atoms with Crippen LogP contribution in [0.25, 0.3) is 0 Å². The van der Waals surface area contributed by atoms with Crippen LogP contribution in [-0.2, 0) is 14.3 Å². The van der Waals surface area contributed by atoms with Gasteiger partial charge in [0.15, 0.2) is 0 Å². The average Bonchev–Trinajstić information content (AvgIpc) is 2.54. The maximum atomic E-state index is 12.1. The van der Waals surface area contributed by atoms with Crippen LogP contribution in [0.3, 0.4) is 0 Å². The van der Waals surface area contributed by atoms with Crippen molar-refractivity contribution in [1.82, 2.24) is 0 Å². The van der Waals surface area contributed by atoms with Crippen LogP contribution in [0.15, 0.2) is 60.7 Å². The predicted molar refractivity (Wildman–Crippen MR) is 81.0 cm³/mol. The Morgan fingerprint density at radius 3 is 1.81 bits per heavy atom. The van der Waals surface area contributed by atoms with E-state index in [1.807, 2.05) is 60.7 Å². The lowest BCUT2D eigenvalue weighted by Crippen LogP contribution is -2.13. The third-order valence-electron chi connectivity index (χ3n) is 3.40. The summed E-state index contributed by atoms with van der Waals surface area (Å²) in [7, 11) is 1.29. The summed E-state index contributed by atoms with van der Waals surface area (Å²) >= 11 is 0. The number of esters is 1. The van der Waals surface area contributed by atoms with Gasteiger partial charge in [-0.2, -0.15) is 0 Å². The van der Waals surface area contributed by atoms with Gasteiger partial charge in [0.25, 0.3) is 0 Å². The molecular formula is C18H18O3. The Morgan fingerprint density at radius 2 is 1.38 bits per heavy atom. The molecule has 2 aromatic rings. The SMILES string of the molecule is COC(=O)CC(=O)CC(c1ccccc1)c1ccccc1. The largest absolute Gasteiger partial charge is 0.469 e. The number of ketones is 1. The zero-order chi connectivity index (χ0) is 15.1. The van der Waals surface area contributed by atoms with E-state index in [1.54, 1.807) is 0 Å². The Morgan fingerprint density at radius 1 is 0.905 bits per heavy atom. The molecule has 3 nitrogen and oxygen atoms in total. The number of carbonyl (C=O) groups excluding carboxylic acids is 2. The fourth-order valence-electron chi connectivity index (χ4n) is 2.33. The van der Waals surface area contributed by atoms with E-state index >= 15 is 0 Å². The van der Waals surface area contributed by atoms with Crippen molar-refractivity contribution in [2.24, 2.45) is 0 Å². The van der Waals surface area contributed by atoms with E-state index in [-0.39, 0.29) is 18.1 Å². The molecule has 0 spiro atoms. The first-order valence-electron chi connectivity index (χ1n) is 6.89. The molecule has 0 aromatic heterocycles. The molecule has 0 heterocycles. The van der Waals surface area contributed by atoms with Gasteiger partial charge in [-0.05, 0) is 11.1 Å². The predicted octanol–water partition coefficient (Wildman–Crippen LogP) is 3.34. The Kier molecular flexibility index (Phi) is 5.27. The standard InChI is InChI=1S/C18H18O3/c1-21-18(20)13-16(19)12-17(14-8-4-2-5-9-14)15-10-6-3-7-11-15/h2-11,17H,12-13H2,1H3. The maximum Gasteiger partial charge on any atom is 0.313 e. The minimum atomic E-state index is -0.486. The highest BCUT2D eigenvalue weighted by atomic mass is 16.5. The molecular weight excluding hydrogens is 264 g/mol. The molecule has 0 atom stereocenters. The molecule has 0 saturated carbocycles. The summed E-state index contributed by atoms with van der Waals surface area (Å²) in [5, 5.41) is 0. The molecule has 21 heavy (non-hydrogen) atoms. The molecule has 0 fully saturated rings. The summed E-state index contributed by atoms with van der Waals surface area (Å²) in [6.07, 6.45) is 0.121. The summed E-state index contributed by atoms with van der Waals surface area (Å²) in [6, 6.07) is 19.7. The normalized spacial score (nSPS) is 10.4.